The number of nitrogens with zero attached hydrogens (tertiary/aromatic N) is 4. The van der Waals surface area contributed by atoms with Gasteiger partial charge in [0.1, 0.15) is 29.8 Å². The summed E-state index contributed by atoms with van der Waals surface area (Å²) in [5.74, 6) is -1.57. The fourth-order valence-corrected chi connectivity index (χ4v) is 3.64. The van der Waals surface area contributed by atoms with Gasteiger partial charge in [-0.2, -0.15) is 0 Å². The van der Waals surface area contributed by atoms with Crippen LogP contribution in [0, 0.1) is 17.5 Å². The molecule has 0 atom stereocenters. The van der Waals surface area contributed by atoms with Gasteiger partial charge in [-0.25, -0.2) is 22.9 Å². The van der Waals surface area contributed by atoms with Crippen LogP contribution in [0.5, 0.6) is 5.75 Å². The minimum Gasteiger partial charge on any atom is -0.485 e. The summed E-state index contributed by atoms with van der Waals surface area (Å²) in [6.45, 7) is 0.220. The zero-order chi connectivity index (χ0) is 19.7. The fourth-order valence-electron chi connectivity index (χ4n) is 2.77. The van der Waals surface area contributed by atoms with Gasteiger partial charge in [0, 0.05) is 23.4 Å². The van der Waals surface area contributed by atoms with Gasteiger partial charge >= 0.3 is 0 Å². The molecule has 0 spiro atoms. The Kier molecular flexibility index (Phi) is 4.95. The molecule has 0 saturated heterocycles. The topological polar surface area (TPSA) is 60.3 Å². The summed E-state index contributed by atoms with van der Waals surface area (Å²) < 4.78 is 47.3. The number of fused-ring (bicyclic) bond motifs is 1. The normalized spacial score (nSPS) is 13.3. The number of halogens is 3. The average Bonchev–Trinajstić information content (AvgIpc) is 3.08. The van der Waals surface area contributed by atoms with Crippen molar-refractivity contribution < 1.29 is 22.7 Å². The van der Waals surface area contributed by atoms with Crippen LogP contribution in [0.25, 0.3) is 0 Å². The quantitative estimate of drug-likeness (QED) is 0.666. The second kappa shape index (κ2) is 7.55. The number of hydrogen-bond acceptors (Lipinski definition) is 5. The van der Waals surface area contributed by atoms with Crippen molar-refractivity contribution in [3.05, 3.63) is 71.3 Å². The van der Waals surface area contributed by atoms with Crippen molar-refractivity contribution in [3.63, 3.8) is 0 Å². The van der Waals surface area contributed by atoms with Gasteiger partial charge in [0.15, 0.2) is 5.82 Å². The summed E-state index contributed by atoms with van der Waals surface area (Å²) in [5.41, 5.74) is -0.124. The number of amides is 1. The molecule has 0 fully saturated rings. The summed E-state index contributed by atoms with van der Waals surface area (Å²) in [6.07, 6.45) is 0. The van der Waals surface area contributed by atoms with E-state index in [2.05, 4.69) is 10.2 Å². The van der Waals surface area contributed by atoms with Gasteiger partial charge in [-0.15, -0.1) is 10.2 Å². The molecule has 6 nitrogen and oxygen atoms in total. The average molecular weight is 406 g/mol. The van der Waals surface area contributed by atoms with E-state index >= 15 is 0 Å². The summed E-state index contributed by atoms with van der Waals surface area (Å²) in [6, 6.07) is 8.26. The van der Waals surface area contributed by atoms with Gasteiger partial charge in [0.2, 0.25) is 5.16 Å². The Labute approximate surface area is 161 Å². The second-order valence-electron chi connectivity index (χ2n) is 5.89. The number of aromatic nitrogens is 3. The number of thioether (sulfide) groups is 1. The molecule has 0 N–H and O–H groups in total. The molecular formula is C18H13F3N4O2S. The van der Waals surface area contributed by atoms with E-state index in [9.17, 15) is 18.0 Å². The van der Waals surface area contributed by atoms with Crippen LogP contribution in [0.4, 0.5) is 13.2 Å². The molecule has 2 heterocycles. The highest BCUT2D eigenvalue weighted by Gasteiger charge is 2.29. The number of benzene rings is 2. The molecule has 0 bridgehead atoms. The first kappa shape index (κ1) is 18.4. The van der Waals surface area contributed by atoms with Crippen LogP contribution in [-0.2, 0) is 6.61 Å². The molecule has 144 valence electrons. The van der Waals surface area contributed by atoms with Gasteiger partial charge in [-0.1, -0.05) is 17.8 Å². The number of ether oxygens (including phenoxy) is 1. The molecule has 1 aliphatic rings. The second-order valence-corrected chi connectivity index (χ2v) is 6.95. The monoisotopic (exact) mass is 406 g/mol. The van der Waals surface area contributed by atoms with Crippen molar-refractivity contribution >= 4 is 17.7 Å². The summed E-state index contributed by atoms with van der Waals surface area (Å²) >= 11 is 1.39. The van der Waals surface area contributed by atoms with Crippen molar-refractivity contribution in [2.24, 2.45) is 0 Å². The van der Waals surface area contributed by atoms with Crippen molar-refractivity contribution in [2.75, 3.05) is 17.3 Å². The maximum absolute atomic E-state index is 13.5. The zero-order valence-electron chi connectivity index (χ0n) is 14.3. The van der Waals surface area contributed by atoms with E-state index in [0.717, 1.165) is 12.1 Å². The molecule has 1 amide bonds. The lowest BCUT2D eigenvalue weighted by atomic mass is 10.2. The van der Waals surface area contributed by atoms with Crippen molar-refractivity contribution in [3.8, 4) is 5.75 Å². The van der Waals surface area contributed by atoms with E-state index in [1.807, 2.05) is 0 Å². The van der Waals surface area contributed by atoms with Crippen LogP contribution >= 0.6 is 11.8 Å². The Morgan fingerprint density at radius 3 is 2.61 bits per heavy atom. The molecule has 10 heteroatoms. The zero-order valence-corrected chi connectivity index (χ0v) is 15.1. The van der Waals surface area contributed by atoms with Gasteiger partial charge in [-0.3, -0.25) is 4.79 Å². The van der Waals surface area contributed by atoms with Gasteiger partial charge in [0.05, 0.1) is 6.54 Å². The first-order chi connectivity index (χ1) is 13.5. The molecule has 0 unspecified atom stereocenters. The van der Waals surface area contributed by atoms with Crippen LogP contribution in [0.1, 0.15) is 16.2 Å². The third-order valence-corrected chi connectivity index (χ3v) is 4.86. The molecular weight excluding hydrogens is 393 g/mol. The fraction of sp³-hybridized carbons (Fsp3) is 0.167. The van der Waals surface area contributed by atoms with E-state index in [4.69, 9.17) is 4.74 Å². The molecule has 4 rings (SSSR count). The Morgan fingerprint density at radius 2 is 1.86 bits per heavy atom. The maximum Gasteiger partial charge on any atom is 0.273 e. The van der Waals surface area contributed by atoms with Gasteiger partial charge < -0.3 is 4.74 Å². The molecule has 0 saturated carbocycles. The lowest BCUT2D eigenvalue weighted by Gasteiger charge is -2.29. The van der Waals surface area contributed by atoms with Crippen LogP contribution in [0.3, 0.4) is 0 Å². The largest absolute Gasteiger partial charge is 0.485 e. The lowest BCUT2D eigenvalue weighted by molar-refractivity contribution is 0.0952. The summed E-state index contributed by atoms with van der Waals surface area (Å²) in [5, 5.41) is 9.82. The molecule has 0 radical (unpaired) electrons. The summed E-state index contributed by atoms with van der Waals surface area (Å²) in [4.78, 5) is 12.9. The third-order valence-electron chi connectivity index (χ3n) is 3.96. The highest BCUT2D eigenvalue weighted by molar-refractivity contribution is 7.99. The smallest absolute Gasteiger partial charge is 0.273 e. The predicted molar refractivity (Wildman–Crippen MR) is 95.3 cm³/mol. The molecule has 0 aliphatic carbocycles. The van der Waals surface area contributed by atoms with Crippen LogP contribution < -0.4 is 9.75 Å². The first-order valence-corrected chi connectivity index (χ1v) is 9.23. The maximum atomic E-state index is 13.5. The van der Waals surface area contributed by atoms with Crippen LogP contribution in [-0.4, -0.2) is 33.1 Å². The molecule has 1 aliphatic heterocycles. The van der Waals surface area contributed by atoms with Crippen molar-refractivity contribution in [1.29, 1.82) is 0 Å². The van der Waals surface area contributed by atoms with Gasteiger partial charge in [0.25, 0.3) is 5.91 Å². The van der Waals surface area contributed by atoms with E-state index < -0.39 is 23.4 Å². The predicted octanol–water partition coefficient (Wildman–Crippen LogP) is 3.16. The minimum atomic E-state index is -0.839. The lowest BCUT2D eigenvalue weighted by Crippen LogP contribution is -2.45. The number of hydrogen-bond donors (Lipinski definition) is 0. The van der Waals surface area contributed by atoms with Crippen LogP contribution in [0.15, 0.2) is 47.6 Å². The third kappa shape index (κ3) is 3.68. The van der Waals surface area contributed by atoms with E-state index in [0.29, 0.717) is 35.1 Å². The molecule has 28 heavy (non-hydrogen) atoms. The number of carbonyl (C=O) groups is 1. The Bertz CT molecular complexity index is 1020. The van der Waals surface area contributed by atoms with E-state index in [1.54, 1.807) is 6.07 Å². The van der Waals surface area contributed by atoms with Crippen molar-refractivity contribution in [2.45, 2.75) is 11.8 Å². The van der Waals surface area contributed by atoms with E-state index in [-0.39, 0.29) is 12.2 Å². The highest BCUT2D eigenvalue weighted by atomic mass is 32.2. The Morgan fingerprint density at radius 1 is 1.07 bits per heavy atom. The van der Waals surface area contributed by atoms with Gasteiger partial charge in [-0.05, 0) is 24.3 Å². The van der Waals surface area contributed by atoms with Crippen LogP contribution in [0.2, 0.25) is 0 Å². The molecule has 3 aromatic rings. The minimum absolute atomic E-state index is 0.0711. The molecule has 1 aromatic heterocycles. The number of carbonyl (C=O) groups excluding carboxylic acids is 1. The Hall–Kier alpha value is -3.01. The SMILES string of the molecule is O=C(c1cc(F)cc(F)c1)N1CCSc2nnc(COc3cccc(F)c3)n21. The highest BCUT2D eigenvalue weighted by Crippen LogP contribution is 2.25. The first-order valence-electron chi connectivity index (χ1n) is 8.25. The molecule has 2 aromatic carbocycles. The van der Waals surface area contributed by atoms with Crippen molar-refractivity contribution in [1.82, 2.24) is 14.9 Å². The summed E-state index contributed by atoms with van der Waals surface area (Å²) in [7, 11) is 0. The number of rotatable bonds is 4. The standard InChI is InChI=1S/C18H13F3N4O2S/c19-12-2-1-3-15(9-12)27-10-16-22-23-18-25(16)24(4-5-28-18)17(26)11-6-13(20)8-14(21)7-11/h1-3,6-9H,4-5,10H2. The van der Waals surface area contributed by atoms with E-state index in [1.165, 1.54) is 39.6 Å². The Balaban J connectivity index is 1.61.